The Kier molecular flexibility index (Phi) is 4.59. The molecule has 0 bridgehead atoms. The van der Waals surface area contributed by atoms with Gasteiger partial charge < -0.3 is 20.9 Å². The molecule has 112 valence electrons. The number of hydrogen-bond acceptors (Lipinski definition) is 3. The van der Waals surface area contributed by atoms with Crippen LogP contribution in [0.1, 0.15) is 15.9 Å². The maximum absolute atomic E-state index is 12.0. The van der Waals surface area contributed by atoms with Crippen molar-refractivity contribution in [1.82, 2.24) is 15.2 Å². The highest BCUT2D eigenvalue weighted by Gasteiger charge is 2.10. The van der Waals surface area contributed by atoms with Crippen molar-refractivity contribution in [3.63, 3.8) is 0 Å². The smallest absolute Gasteiger partial charge is 0.251 e. The Bertz CT molecular complexity index is 661. The van der Waals surface area contributed by atoms with Crippen LogP contribution in [0.2, 0.25) is 0 Å². The first-order valence-corrected chi connectivity index (χ1v) is 6.78. The fraction of sp³-hybridized carbons (Fsp3) is 0.333. The summed E-state index contributed by atoms with van der Waals surface area (Å²) in [6, 6.07) is 5.44. The van der Waals surface area contributed by atoms with Gasteiger partial charge >= 0.3 is 0 Å². The van der Waals surface area contributed by atoms with Crippen molar-refractivity contribution in [2.45, 2.75) is 6.42 Å². The van der Waals surface area contributed by atoms with Gasteiger partial charge in [-0.05, 0) is 44.3 Å². The second-order valence-corrected chi connectivity index (χ2v) is 5.28. The summed E-state index contributed by atoms with van der Waals surface area (Å²) in [6.45, 7) is 0.780. The lowest BCUT2D eigenvalue weighted by Crippen LogP contribution is -2.33. The second-order valence-electron chi connectivity index (χ2n) is 5.28. The monoisotopic (exact) mass is 288 g/mol. The SMILES string of the molecule is CN(C)CCc1c[nH]c2ccc(C(=O)NCC(N)=O)cc12. The Morgan fingerprint density at radius 1 is 1.33 bits per heavy atom. The van der Waals surface area contributed by atoms with E-state index < -0.39 is 5.91 Å². The Labute approximate surface area is 123 Å². The van der Waals surface area contributed by atoms with E-state index in [1.807, 2.05) is 32.4 Å². The molecule has 4 N–H and O–H groups in total. The number of aromatic nitrogens is 1. The molecule has 1 aromatic heterocycles. The molecule has 0 atom stereocenters. The van der Waals surface area contributed by atoms with Gasteiger partial charge in [-0.1, -0.05) is 0 Å². The van der Waals surface area contributed by atoms with Crippen LogP contribution in [0.25, 0.3) is 10.9 Å². The van der Waals surface area contributed by atoms with Crippen molar-refractivity contribution in [3.05, 3.63) is 35.5 Å². The number of nitrogens with two attached hydrogens (primary N) is 1. The molecule has 1 aromatic carbocycles. The largest absolute Gasteiger partial charge is 0.368 e. The molecule has 0 aliphatic rings. The summed E-state index contributed by atoms with van der Waals surface area (Å²) in [6.07, 6.45) is 2.87. The van der Waals surface area contributed by atoms with Crippen LogP contribution in [-0.2, 0) is 11.2 Å². The third-order valence-electron chi connectivity index (χ3n) is 3.28. The number of nitrogens with zero attached hydrogens (tertiary/aromatic N) is 1. The van der Waals surface area contributed by atoms with Gasteiger partial charge in [0.05, 0.1) is 6.54 Å². The van der Waals surface area contributed by atoms with Crippen LogP contribution in [0.15, 0.2) is 24.4 Å². The fourth-order valence-electron chi connectivity index (χ4n) is 2.14. The van der Waals surface area contributed by atoms with E-state index in [0.717, 1.165) is 23.9 Å². The number of primary amides is 1. The fourth-order valence-corrected chi connectivity index (χ4v) is 2.14. The third kappa shape index (κ3) is 3.82. The zero-order valence-electron chi connectivity index (χ0n) is 12.3. The van der Waals surface area contributed by atoms with Crippen molar-refractivity contribution >= 4 is 22.7 Å². The van der Waals surface area contributed by atoms with Gasteiger partial charge in [0.15, 0.2) is 0 Å². The molecule has 0 radical (unpaired) electrons. The van der Waals surface area contributed by atoms with Gasteiger partial charge in [0, 0.05) is 29.2 Å². The molecule has 1 heterocycles. The highest BCUT2D eigenvalue weighted by atomic mass is 16.2. The summed E-state index contributed by atoms with van der Waals surface area (Å²) in [5.41, 5.74) is 7.71. The number of aromatic amines is 1. The molecule has 0 aliphatic carbocycles. The topological polar surface area (TPSA) is 91.2 Å². The molecular formula is C15H20N4O2. The van der Waals surface area contributed by atoms with Gasteiger partial charge in [0.25, 0.3) is 5.91 Å². The lowest BCUT2D eigenvalue weighted by molar-refractivity contribution is -0.117. The molecule has 6 heteroatoms. The van der Waals surface area contributed by atoms with Gasteiger partial charge in [-0.25, -0.2) is 0 Å². The van der Waals surface area contributed by atoms with Crippen LogP contribution in [0.5, 0.6) is 0 Å². The number of H-pyrrole nitrogens is 1. The van der Waals surface area contributed by atoms with Crippen LogP contribution in [-0.4, -0.2) is 48.9 Å². The molecule has 2 rings (SSSR count). The molecule has 0 aliphatic heterocycles. The first kappa shape index (κ1) is 15.1. The van der Waals surface area contributed by atoms with Crippen molar-refractivity contribution in [1.29, 1.82) is 0 Å². The average Bonchev–Trinajstić information content (AvgIpc) is 2.84. The Morgan fingerprint density at radius 3 is 2.76 bits per heavy atom. The lowest BCUT2D eigenvalue weighted by Gasteiger charge is -2.08. The highest BCUT2D eigenvalue weighted by Crippen LogP contribution is 2.20. The Hall–Kier alpha value is -2.34. The summed E-state index contributed by atoms with van der Waals surface area (Å²) in [5, 5.41) is 3.52. The molecule has 0 saturated carbocycles. The third-order valence-corrected chi connectivity index (χ3v) is 3.28. The molecule has 2 amide bonds. The van der Waals surface area contributed by atoms with Gasteiger partial charge in [0.2, 0.25) is 5.91 Å². The zero-order valence-corrected chi connectivity index (χ0v) is 12.3. The molecular weight excluding hydrogens is 268 g/mol. The first-order valence-electron chi connectivity index (χ1n) is 6.78. The van der Waals surface area contributed by atoms with Crippen LogP contribution in [0, 0.1) is 0 Å². The summed E-state index contributed by atoms with van der Waals surface area (Å²) < 4.78 is 0. The van der Waals surface area contributed by atoms with E-state index in [4.69, 9.17) is 5.73 Å². The summed E-state index contributed by atoms with van der Waals surface area (Å²) >= 11 is 0. The van der Waals surface area contributed by atoms with E-state index in [0.29, 0.717) is 5.56 Å². The number of hydrogen-bond donors (Lipinski definition) is 3. The Balaban J connectivity index is 2.20. The Morgan fingerprint density at radius 2 is 2.10 bits per heavy atom. The van der Waals surface area contributed by atoms with Crippen LogP contribution >= 0.6 is 0 Å². The minimum atomic E-state index is -0.558. The zero-order chi connectivity index (χ0) is 15.4. The van der Waals surface area contributed by atoms with Crippen molar-refractivity contribution in [2.75, 3.05) is 27.2 Å². The number of nitrogens with one attached hydrogen (secondary N) is 2. The predicted octanol–water partition coefficient (Wildman–Crippen LogP) is 0.487. The van der Waals surface area contributed by atoms with E-state index in [-0.39, 0.29) is 12.5 Å². The van der Waals surface area contributed by atoms with Crippen molar-refractivity contribution in [3.8, 4) is 0 Å². The number of amides is 2. The molecule has 0 saturated heterocycles. The molecule has 0 spiro atoms. The minimum Gasteiger partial charge on any atom is -0.368 e. The summed E-state index contributed by atoms with van der Waals surface area (Å²) in [5.74, 6) is -0.854. The summed E-state index contributed by atoms with van der Waals surface area (Å²) in [4.78, 5) is 28.0. The van der Waals surface area contributed by atoms with E-state index in [2.05, 4.69) is 15.2 Å². The highest BCUT2D eigenvalue weighted by molar-refractivity contribution is 6.00. The number of rotatable bonds is 6. The van der Waals surface area contributed by atoms with Crippen molar-refractivity contribution < 1.29 is 9.59 Å². The normalized spacial score (nSPS) is 11.0. The minimum absolute atomic E-state index is 0.155. The quantitative estimate of drug-likeness (QED) is 0.722. The van der Waals surface area contributed by atoms with E-state index in [1.165, 1.54) is 5.56 Å². The second kappa shape index (κ2) is 6.41. The maximum Gasteiger partial charge on any atom is 0.251 e. The summed E-state index contributed by atoms with van der Waals surface area (Å²) in [7, 11) is 4.05. The van der Waals surface area contributed by atoms with E-state index in [9.17, 15) is 9.59 Å². The van der Waals surface area contributed by atoms with Crippen LogP contribution < -0.4 is 11.1 Å². The first-order chi connectivity index (χ1) is 9.97. The number of fused-ring (bicyclic) bond motifs is 1. The lowest BCUT2D eigenvalue weighted by atomic mass is 10.1. The molecule has 2 aromatic rings. The number of likely N-dealkylation sites (N-methyl/N-ethyl adjacent to an activating group) is 1. The van der Waals surface area contributed by atoms with Crippen LogP contribution in [0.4, 0.5) is 0 Å². The van der Waals surface area contributed by atoms with Gasteiger partial charge in [-0.15, -0.1) is 0 Å². The average molecular weight is 288 g/mol. The van der Waals surface area contributed by atoms with Gasteiger partial charge in [-0.3, -0.25) is 9.59 Å². The van der Waals surface area contributed by atoms with Gasteiger partial charge in [0.1, 0.15) is 0 Å². The molecule has 0 unspecified atom stereocenters. The standard InChI is InChI=1S/C15H20N4O2/c1-19(2)6-5-11-8-17-13-4-3-10(7-12(11)13)15(21)18-9-14(16)20/h3-4,7-8,17H,5-6,9H2,1-2H3,(H2,16,20)(H,18,21). The number of carbonyl (C=O) groups excluding carboxylic acids is 2. The number of benzene rings is 1. The van der Waals surface area contributed by atoms with Gasteiger partial charge in [-0.2, -0.15) is 0 Å². The molecule has 0 fully saturated rings. The van der Waals surface area contributed by atoms with Crippen molar-refractivity contribution in [2.24, 2.45) is 5.73 Å². The van der Waals surface area contributed by atoms with E-state index in [1.54, 1.807) is 6.07 Å². The number of carbonyl (C=O) groups is 2. The van der Waals surface area contributed by atoms with E-state index >= 15 is 0 Å². The molecule has 6 nitrogen and oxygen atoms in total. The maximum atomic E-state index is 12.0. The van der Waals surface area contributed by atoms with Crippen LogP contribution in [0.3, 0.4) is 0 Å². The predicted molar refractivity (Wildman–Crippen MR) is 82.1 cm³/mol. The molecule has 21 heavy (non-hydrogen) atoms.